The summed E-state index contributed by atoms with van der Waals surface area (Å²) < 4.78 is 4.85. The molecule has 0 spiro atoms. The van der Waals surface area contributed by atoms with Crippen molar-refractivity contribution in [2.45, 2.75) is 25.7 Å². The molecule has 5 nitrogen and oxygen atoms in total. The van der Waals surface area contributed by atoms with Crippen molar-refractivity contribution in [1.29, 1.82) is 0 Å². The van der Waals surface area contributed by atoms with E-state index in [0.29, 0.717) is 13.2 Å². The van der Waals surface area contributed by atoms with Gasteiger partial charge in [-0.15, -0.1) is 0 Å². The largest absolute Gasteiger partial charge is 0.383 e. The zero-order valence-electron chi connectivity index (χ0n) is 10.5. The van der Waals surface area contributed by atoms with Crippen molar-refractivity contribution in [1.82, 2.24) is 10.3 Å². The Balaban J connectivity index is 2.17. The van der Waals surface area contributed by atoms with Crippen LogP contribution in [0.5, 0.6) is 0 Å². The number of fused-ring (bicyclic) bond motifs is 1. The second-order valence-corrected chi connectivity index (χ2v) is 4.47. The third kappa shape index (κ3) is 2.79. The number of pyridine rings is 1. The van der Waals surface area contributed by atoms with Crippen LogP contribution in [0.3, 0.4) is 0 Å². The van der Waals surface area contributed by atoms with Gasteiger partial charge in [-0.05, 0) is 37.3 Å². The van der Waals surface area contributed by atoms with Gasteiger partial charge in [0.05, 0.1) is 6.61 Å². The maximum Gasteiger partial charge on any atom is 0.261 e. The number of nitrogens with one attached hydrogen (secondary N) is 2. The SMILES string of the molecule is COCCNC(=O)c1cc2c([nH]c1=O)CCCC2. The third-order valence-electron chi connectivity index (χ3n) is 3.17. The summed E-state index contributed by atoms with van der Waals surface area (Å²) in [6.07, 6.45) is 4.05. The predicted molar refractivity (Wildman–Crippen MR) is 67.9 cm³/mol. The maximum atomic E-state index is 11.8. The molecule has 1 amide bonds. The lowest BCUT2D eigenvalue weighted by Crippen LogP contribution is -2.32. The van der Waals surface area contributed by atoms with Gasteiger partial charge in [0.1, 0.15) is 5.56 Å². The number of carbonyl (C=O) groups is 1. The lowest BCUT2D eigenvalue weighted by atomic mass is 9.95. The van der Waals surface area contributed by atoms with Crippen LogP contribution in [0.2, 0.25) is 0 Å². The van der Waals surface area contributed by atoms with E-state index in [1.54, 1.807) is 13.2 Å². The number of ether oxygens (including phenoxy) is 1. The second-order valence-electron chi connectivity index (χ2n) is 4.47. The van der Waals surface area contributed by atoms with Crippen LogP contribution in [0.15, 0.2) is 10.9 Å². The second kappa shape index (κ2) is 5.82. The number of aromatic amines is 1. The lowest BCUT2D eigenvalue weighted by molar-refractivity contribution is 0.0935. The Morgan fingerprint density at radius 2 is 2.22 bits per heavy atom. The number of hydrogen-bond donors (Lipinski definition) is 2. The fourth-order valence-corrected chi connectivity index (χ4v) is 2.21. The maximum absolute atomic E-state index is 11.8. The molecule has 0 aliphatic heterocycles. The van der Waals surface area contributed by atoms with Gasteiger partial charge >= 0.3 is 0 Å². The standard InChI is InChI=1S/C13H18N2O3/c1-18-7-6-14-12(16)10-8-9-4-2-3-5-11(9)15-13(10)17/h8H,2-7H2,1H3,(H,14,16)(H,15,17). The van der Waals surface area contributed by atoms with Gasteiger partial charge in [-0.1, -0.05) is 0 Å². The highest BCUT2D eigenvalue weighted by molar-refractivity contribution is 5.94. The highest BCUT2D eigenvalue weighted by atomic mass is 16.5. The minimum absolute atomic E-state index is 0.201. The van der Waals surface area contributed by atoms with Crippen LogP contribution >= 0.6 is 0 Å². The number of H-pyrrole nitrogens is 1. The van der Waals surface area contributed by atoms with Gasteiger partial charge in [0.2, 0.25) is 0 Å². The molecule has 1 aromatic heterocycles. The van der Waals surface area contributed by atoms with Gasteiger partial charge in [0, 0.05) is 19.3 Å². The molecular formula is C13H18N2O3. The molecule has 5 heteroatoms. The van der Waals surface area contributed by atoms with Gasteiger partial charge in [-0.3, -0.25) is 9.59 Å². The van der Waals surface area contributed by atoms with Crippen molar-refractivity contribution < 1.29 is 9.53 Å². The van der Waals surface area contributed by atoms with E-state index in [1.807, 2.05) is 0 Å². The molecule has 18 heavy (non-hydrogen) atoms. The van der Waals surface area contributed by atoms with Crippen LogP contribution in [-0.4, -0.2) is 31.2 Å². The molecule has 2 rings (SSSR count). The minimum atomic E-state index is -0.332. The predicted octanol–water partition coefficient (Wildman–Crippen LogP) is 0.630. The Kier molecular flexibility index (Phi) is 4.15. The number of aryl methyl sites for hydroxylation is 2. The number of methoxy groups -OCH3 is 1. The number of amides is 1. The molecule has 2 N–H and O–H groups in total. The smallest absolute Gasteiger partial charge is 0.261 e. The van der Waals surface area contributed by atoms with Crippen molar-refractivity contribution in [2.75, 3.05) is 20.3 Å². The third-order valence-corrected chi connectivity index (χ3v) is 3.17. The quantitative estimate of drug-likeness (QED) is 0.770. The first-order valence-electron chi connectivity index (χ1n) is 6.24. The summed E-state index contributed by atoms with van der Waals surface area (Å²) in [5, 5.41) is 2.66. The molecule has 0 saturated carbocycles. The Hall–Kier alpha value is -1.62. The fourth-order valence-electron chi connectivity index (χ4n) is 2.21. The van der Waals surface area contributed by atoms with E-state index in [1.165, 1.54) is 0 Å². The zero-order valence-corrected chi connectivity index (χ0v) is 10.5. The number of aromatic nitrogens is 1. The lowest BCUT2D eigenvalue weighted by Gasteiger charge is -2.15. The van der Waals surface area contributed by atoms with Crippen LogP contribution in [-0.2, 0) is 17.6 Å². The molecule has 98 valence electrons. The Morgan fingerprint density at radius 1 is 1.44 bits per heavy atom. The number of carbonyl (C=O) groups excluding carboxylic acids is 1. The highest BCUT2D eigenvalue weighted by Gasteiger charge is 2.16. The molecule has 0 saturated heterocycles. The Labute approximate surface area is 106 Å². The first-order valence-corrected chi connectivity index (χ1v) is 6.24. The van der Waals surface area contributed by atoms with Gasteiger partial charge in [0.25, 0.3) is 11.5 Å². The summed E-state index contributed by atoms with van der Waals surface area (Å²) in [7, 11) is 1.57. The van der Waals surface area contributed by atoms with E-state index in [2.05, 4.69) is 10.3 Å². The molecule has 1 aliphatic rings. The Morgan fingerprint density at radius 3 is 3.00 bits per heavy atom. The molecule has 1 heterocycles. The molecule has 0 radical (unpaired) electrons. The van der Waals surface area contributed by atoms with Crippen LogP contribution in [0.1, 0.15) is 34.5 Å². The summed E-state index contributed by atoms with van der Waals surface area (Å²) in [6.45, 7) is 0.848. The normalized spacial score (nSPS) is 14.1. The van der Waals surface area contributed by atoms with E-state index >= 15 is 0 Å². The van der Waals surface area contributed by atoms with Crippen LogP contribution in [0.4, 0.5) is 0 Å². The topological polar surface area (TPSA) is 71.2 Å². The van der Waals surface area contributed by atoms with Gasteiger partial charge in [0.15, 0.2) is 0 Å². The number of hydrogen-bond acceptors (Lipinski definition) is 3. The van der Waals surface area contributed by atoms with Crippen molar-refractivity contribution in [3.8, 4) is 0 Å². The average molecular weight is 250 g/mol. The first-order chi connectivity index (χ1) is 8.72. The van der Waals surface area contributed by atoms with Crippen molar-refractivity contribution in [3.63, 3.8) is 0 Å². The van der Waals surface area contributed by atoms with Crippen LogP contribution in [0.25, 0.3) is 0 Å². The molecule has 0 fully saturated rings. The highest BCUT2D eigenvalue weighted by Crippen LogP contribution is 2.18. The summed E-state index contributed by atoms with van der Waals surface area (Å²) in [5.74, 6) is -0.332. The van der Waals surface area contributed by atoms with Crippen LogP contribution in [0, 0.1) is 0 Å². The first kappa shape index (κ1) is 12.8. The molecule has 0 unspecified atom stereocenters. The summed E-state index contributed by atoms with van der Waals surface area (Å²) >= 11 is 0. The molecule has 0 bridgehead atoms. The fraction of sp³-hybridized carbons (Fsp3) is 0.538. The summed E-state index contributed by atoms with van der Waals surface area (Å²) in [4.78, 5) is 26.5. The monoisotopic (exact) mass is 250 g/mol. The summed E-state index contributed by atoms with van der Waals surface area (Å²) in [5.41, 5.74) is 1.98. The van der Waals surface area contributed by atoms with Crippen molar-refractivity contribution >= 4 is 5.91 Å². The van der Waals surface area contributed by atoms with Gasteiger partial charge in [-0.2, -0.15) is 0 Å². The van der Waals surface area contributed by atoms with E-state index < -0.39 is 0 Å². The van der Waals surface area contributed by atoms with Crippen molar-refractivity contribution in [2.24, 2.45) is 0 Å². The number of rotatable bonds is 4. The summed E-state index contributed by atoms with van der Waals surface area (Å²) in [6, 6.07) is 1.73. The van der Waals surface area contributed by atoms with E-state index in [9.17, 15) is 9.59 Å². The van der Waals surface area contributed by atoms with Gasteiger partial charge in [-0.25, -0.2) is 0 Å². The average Bonchev–Trinajstić information content (AvgIpc) is 2.38. The van der Waals surface area contributed by atoms with E-state index in [0.717, 1.165) is 36.9 Å². The van der Waals surface area contributed by atoms with Gasteiger partial charge < -0.3 is 15.0 Å². The molecule has 1 aliphatic carbocycles. The molecule has 1 aromatic rings. The minimum Gasteiger partial charge on any atom is -0.383 e. The van der Waals surface area contributed by atoms with Crippen molar-refractivity contribution in [3.05, 3.63) is 33.2 Å². The molecule has 0 atom stereocenters. The Bertz CT molecular complexity index is 493. The van der Waals surface area contributed by atoms with E-state index in [-0.39, 0.29) is 17.0 Å². The molecular weight excluding hydrogens is 232 g/mol. The zero-order chi connectivity index (χ0) is 13.0. The van der Waals surface area contributed by atoms with Crippen LogP contribution < -0.4 is 10.9 Å². The van der Waals surface area contributed by atoms with E-state index in [4.69, 9.17) is 4.74 Å². The molecule has 0 aromatic carbocycles.